The van der Waals surface area contributed by atoms with E-state index in [1.807, 2.05) is 72.5 Å². The third kappa shape index (κ3) is 1.95. The maximum absolute atomic E-state index is 12.5. The molecule has 19 heavy (non-hydrogen) atoms. The van der Waals surface area contributed by atoms with Crippen LogP contribution in [-0.4, -0.2) is 5.91 Å². The van der Waals surface area contributed by atoms with Crippen molar-refractivity contribution in [2.75, 3.05) is 4.90 Å². The third-order valence-electron chi connectivity index (χ3n) is 3.43. The number of fused-ring (bicyclic) bond motifs is 1. The van der Waals surface area contributed by atoms with Gasteiger partial charge in [0.25, 0.3) is 5.91 Å². The zero-order valence-corrected chi connectivity index (χ0v) is 10.8. The average Bonchev–Trinajstić information content (AvgIpc) is 2.73. The van der Waals surface area contributed by atoms with Gasteiger partial charge in [-0.25, -0.2) is 0 Å². The first-order valence-corrected chi connectivity index (χ1v) is 6.43. The summed E-state index contributed by atoms with van der Waals surface area (Å²) in [4.78, 5) is 14.3. The van der Waals surface area contributed by atoms with Gasteiger partial charge in [0.05, 0.1) is 12.2 Å². The van der Waals surface area contributed by atoms with Crippen molar-refractivity contribution in [3.8, 4) is 0 Å². The lowest BCUT2D eigenvalue weighted by Gasteiger charge is -2.17. The second kappa shape index (κ2) is 4.73. The van der Waals surface area contributed by atoms with Crippen LogP contribution in [0.2, 0.25) is 0 Å². The average molecular weight is 249 g/mol. The molecule has 0 radical (unpaired) electrons. The van der Waals surface area contributed by atoms with E-state index in [0.29, 0.717) is 6.54 Å². The number of hydrogen-bond acceptors (Lipinski definition) is 1. The summed E-state index contributed by atoms with van der Waals surface area (Å²) in [6.45, 7) is 2.53. The minimum Gasteiger partial charge on any atom is -0.303 e. The number of anilines is 1. The molecular weight excluding hydrogens is 234 g/mol. The molecule has 1 heterocycles. The summed E-state index contributed by atoms with van der Waals surface area (Å²) in [6.07, 6.45) is 1.90. The lowest BCUT2D eigenvalue weighted by Crippen LogP contribution is -2.25. The fraction of sp³-hybridized carbons (Fsp3) is 0.118. The molecule has 0 bridgehead atoms. The summed E-state index contributed by atoms with van der Waals surface area (Å²) in [5, 5.41) is 0. The van der Waals surface area contributed by atoms with E-state index in [2.05, 4.69) is 0 Å². The Morgan fingerprint density at radius 1 is 1.00 bits per heavy atom. The minimum atomic E-state index is 0.0903. The van der Waals surface area contributed by atoms with E-state index < -0.39 is 0 Å². The summed E-state index contributed by atoms with van der Waals surface area (Å²) < 4.78 is 0. The number of para-hydroxylation sites is 1. The predicted octanol–water partition coefficient (Wildman–Crippen LogP) is 3.64. The molecule has 1 amide bonds. The molecule has 1 aliphatic heterocycles. The van der Waals surface area contributed by atoms with Gasteiger partial charge in [-0.3, -0.25) is 4.79 Å². The van der Waals surface area contributed by atoms with Crippen LogP contribution in [-0.2, 0) is 11.3 Å². The number of rotatable bonds is 2. The highest BCUT2D eigenvalue weighted by Crippen LogP contribution is 2.37. The normalized spacial score (nSPS) is 15.9. The number of carbonyl (C=O) groups excluding carboxylic acids is 1. The molecule has 0 spiro atoms. The zero-order valence-electron chi connectivity index (χ0n) is 10.8. The van der Waals surface area contributed by atoms with Crippen molar-refractivity contribution in [2.24, 2.45) is 0 Å². The summed E-state index contributed by atoms with van der Waals surface area (Å²) in [5.41, 5.74) is 3.98. The van der Waals surface area contributed by atoms with Crippen molar-refractivity contribution in [1.29, 1.82) is 0 Å². The number of nitrogens with zero attached hydrogens (tertiary/aromatic N) is 1. The molecule has 0 unspecified atom stereocenters. The summed E-state index contributed by atoms with van der Waals surface area (Å²) >= 11 is 0. The summed E-state index contributed by atoms with van der Waals surface area (Å²) in [6, 6.07) is 18.0. The van der Waals surface area contributed by atoms with Crippen LogP contribution in [0.4, 0.5) is 5.69 Å². The highest BCUT2D eigenvalue weighted by molar-refractivity contribution is 6.32. The van der Waals surface area contributed by atoms with Gasteiger partial charge < -0.3 is 4.90 Å². The minimum absolute atomic E-state index is 0.0903. The largest absolute Gasteiger partial charge is 0.303 e. The van der Waals surface area contributed by atoms with Gasteiger partial charge in [-0.05, 0) is 18.6 Å². The van der Waals surface area contributed by atoms with Gasteiger partial charge in [0.15, 0.2) is 0 Å². The fourth-order valence-electron chi connectivity index (χ4n) is 2.51. The van der Waals surface area contributed by atoms with E-state index in [1.165, 1.54) is 0 Å². The van der Waals surface area contributed by atoms with Crippen molar-refractivity contribution < 1.29 is 4.79 Å². The molecule has 2 heteroatoms. The van der Waals surface area contributed by atoms with Gasteiger partial charge >= 0.3 is 0 Å². The maximum atomic E-state index is 12.5. The van der Waals surface area contributed by atoms with Crippen LogP contribution in [0.25, 0.3) is 5.57 Å². The first-order valence-electron chi connectivity index (χ1n) is 6.43. The Balaban J connectivity index is 2.01. The standard InChI is InChI=1S/C17H15NO/c1-2-14-15-10-6-7-11-16(15)18(17(14)19)12-13-8-4-3-5-9-13/h2-11H,12H2,1H3/b14-2+. The van der Waals surface area contributed by atoms with E-state index >= 15 is 0 Å². The van der Waals surface area contributed by atoms with Crippen molar-refractivity contribution in [3.05, 3.63) is 71.8 Å². The van der Waals surface area contributed by atoms with Crippen LogP contribution in [0.15, 0.2) is 60.7 Å². The van der Waals surface area contributed by atoms with Crippen molar-refractivity contribution in [3.63, 3.8) is 0 Å². The Bertz CT molecular complexity index is 643. The molecule has 0 aromatic heterocycles. The number of carbonyl (C=O) groups is 1. The predicted molar refractivity (Wildman–Crippen MR) is 77.7 cm³/mol. The van der Waals surface area contributed by atoms with E-state index in [0.717, 1.165) is 22.4 Å². The number of hydrogen-bond donors (Lipinski definition) is 0. The van der Waals surface area contributed by atoms with E-state index in [-0.39, 0.29) is 5.91 Å². The van der Waals surface area contributed by atoms with Gasteiger partial charge in [-0.15, -0.1) is 0 Å². The molecule has 0 N–H and O–H groups in total. The molecule has 2 aromatic carbocycles. The van der Waals surface area contributed by atoms with Crippen molar-refractivity contribution in [2.45, 2.75) is 13.5 Å². The zero-order chi connectivity index (χ0) is 13.2. The first-order chi connectivity index (χ1) is 9.31. The Labute approximate surface area is 113 Å². The van der Waals surface area contributed by atoms with Crippen LogP contribution in [0.5, 0.6) is 0 Å². The Morgan fingerprint density at radius 2 is 1.68 bits per heavy atom. The molecule has 0 saturated carbocycles. The molecule has 94 valence electrons. The highest BCUT2D eigenvalue weighted by Gasteiger charge is 2.31. The van der Waals surface area contributed by atoms with Gasteiger partial charge in [0.1, 0.15) is 0 Å². The number of amides is 1. The second-order valence-corrected chi connectivity index (χ2v) is 4.60. The Morgan fingerprint density at radius 3 is 2.42 bits per heavy atom. The molecule has 3 rings (SSSR count). The first kappa shape index (κ1) is 11.7. The summed E-state index contributed by atoms with van der Waals surface area (Å²) in [7, 11) is 0. The Hall–Kier alpha value is -2.35. The third-order valence-corrected chi connectivity index (χ3v) is 3.43. The molecular formula is C17H15NO. The number of benzene rings is 2. The lowest BCUT2D eigenvalue weighted by atomic mass is 10.1. The smallest absolute Gasteiger partial charge is 0.258 e. The van der Waals surface area contributed by atoms with Gasteiger partial charge in [0, 0.05) is 11.1 Å². The number of allylic oxidation sites excluding steroid dienone is 1. The molecule has 0 fully saturated rings. The van der Waals surface area contributed by atoms with Crippen molar-refractivity contribution in [1.82, 2.24) is 0 Å². The van der Waals surface area contributed by atoms with Gasteiger partial charge in [-0.1, -0.05) is 54.6 Å². The van der Waals surface area contributed by atoms with Crippen LogP contribution < -0.4 is 4.90 Å². The fourth-order valence-corrected chi connectivity index (χ4v) is 2.51. The van der Waals surface area contributed by atoms with Gasteiger partial charge in [0.2, 0.25) is 0 Å². The molecule has 0 aliphatic carbocycles. The van der Waals surface area contributed by atoms with E-state index in [4.69, 9.17) is 0 Å². The van der Waals surface area contributed by atoms with Crippen LogP contribution in [0.3, 0.4) is 0 Å². The van der Waals surface area contributed by atoms with Gasteiger partial charge in [-0.2, -0.15) is 0 Å². The Kier molecular flexibility index (Phi) is 2.92. The van der Waals surface area contributed by atoms with Crippen LogP contribution in [0.1, 0.15) is 18.1 Å². The second-order valence-electron chi connectivity index (χ2n) is 4.60. The summed E-state index contributed by atoms with van der Waals surface area (Å²) in [5.74, 6) is 0.0903. The van der Waals surface area contributed by atoms with Crippen LogP contribution >= 0.6 is 0 Å². The van der Waals surface area contributed by atoms with E-state index in [9.17, 15) is 4.79 Å². The SMILES string of the molecule is C/C=C1/C(=O)N(Cc2ccccc2)c2ccccc21. The highest BCUT2D eigenvalue weighted by atomic mass is 16.2. The molecule has 0 atom stereocenters. The van der Waals surface area contributed by atoms with Crippen molar-refractivity contribution >= 4 is 17.2 Å². The molecule has 2 aromatic rings. The quantitative estimate of drug-likeness (QED) is 0.744. The topological polar surface area (TPSA) is 20.3 Å². The van der Waals surface area contributed by atoms with Crippen LogP contribution in [0, 0.1) is 0 Å². The molecule has 2 nitrogen and oxygen atoms in total. The molecule has 0 saturated heterocycles. The monoisotopic (exact) mass is 249 g/mol. The lowest BCUT2D eigenvalue weighted by molar-refractivity contribution is -0.113. The van der Waals surface area contributed by atoms with E-state index in [1.54, 1.807) is 0 Å². The molecule has 1 aliphatic rings. The maximum Gasteiger partial charge on any atom is 0.258 e.